The van der Waals surface area contributed by atoms with E-state index in [1.165, 1.54) is 6.20 Å². The van der Waals surface area contributed by atoms with Crippen molar-refractivity contribution in [2.75, 3.05) is 28.3 Å². The number of H-pyrrole nitrogens is 1. The molecule has 0 fully saturated rings. The molecule has 174 valence electrons. The summed E-state index contributed by atoms with van der Waals surface area (Å²) < 4.78 is 0. The monoisotopic (exact) mass is 488 g/mol. The van der Waals surface area contributed by atoms with E-state index in [1.807, 2.05) is 12.1 Å². The number of hydrogen-bond donors (Lipinski definition) is 3. The van der Waals surface area contributed by atoms with E-state index in [9.17, 15) is 9.59 Å². The first-order chi connectivity index (χ1) is 15.9. The van der Waals surface area contributed by atoms with Gasteiger partial charge in [0.25, 0.3) is 11.8 Å². The second kappa shape index (κ2) is 11.2. The molecule has 0 atom stereocenters. The normalized spacial score (nSPS) is 10.7. The predicted molar refractivity (Wildman–Crippen MR) is 133 cm³/mol. The van der Waals surface area contributed by atoms with E-state index < -0.39 is 11.8 Å². The second-order valence-electron chi connectivity index (χ2n) is 7.39. The Balaban J connectivity index is 1.77. The van der Waals surface area contributed by atoms with Gasteiger partial charge in [0.05, 0.1) is 33.2 Å². The van der Waals surface area contributed by atoms with Crippen molar-refractivity contribution in [3.05, 3.63) is 70.0 Å². The summed E-state index contributed by atoms with van der Waals surface area (Å²) in [5.41, 5.74) is 1.85. The van der Waals surface area contributed by atoms with Crippen molar-refractivity contribution >= 4 is 52.1 Å². The van der Waals surface area contributed by atoms with Gasteiger partial charge in [-0.2, -0.15) is 5.10 Å². The molecule has 0 saturated heterocycles. The molecular formula is C23H26Cl2N6O2. The lowest BCUT2D eigenvalue weighted by Crippen LogP contribution is -2.38. The first kappa shape index (κ1) is 24.6. The molecule has 0 radical (unpaired) electrons. The fourth-order valence-corrected chi connectivity index (χ4v) is 3.98. The Morgan fingerprint density at radius 3 is 2.15 bits per heavy atom. The third-order valence-corrected chi connectivity index (χ3v) is 5.62. The molecule has 0 aliphatic rings. The minimum absolute atomic E-state index is 0.0247. The first-order valence-electron chi connectivity index (χ1n) is 10.6. The minimum atomic E-state index is -0.570. The van der Waals surface area contributed by atoms with Crippen molar-refractivity contribution in [2.45, 2.75) is 26.7 Å². The number of nitrogens with one attached hydrogen (secondary N) is 2. The number of carbonyl (C=O) groups is 2. The molecule has 0 saturated carbocycles. The van der Waals surface area contributed by atoms with E-state index in [1.54, 1.807) is 30.3 Å². The van der Waals surface area contributed by atoms with Crippen LogP contribution in [-0.2, 0) is 0 Å². The van der Waals surface area contributed by atoms with Crippen molar-refractivity contribution < 1.29 is 9.59 Å². The van der Waals surface area contributed by atoms with Crippen molar-refractivity contribution in [1.82, 2.24) is 10.2 Å². The number of nitrogens with zero attached hydrogens (tertiary/aromatic N) is 3. The molecule has 8 nitrogen and oxygen atoms in total. The van der Waals surface area contributed by atoms with Crippen LogP contribution >= 0.6 is 23.2 Å². The predicted octanol–water partition coefficient (Wildman–Crippen LogP) is 5.12. The standard InChI is InChI=1S/C23H26Cl2N6O2/c1-3-12-30(13-4-2)15-8-10-16(11-9-15)31(26)23(33)21-19(14-27-29-21)28-22(32)20-17(24)6-5-7-18(20)25/h5-11,14H,3-4,12-13,26H2,1-2H3,(H,27,29)(H,28,32). The summed E-state index contributed by atoms with van der Waals surface area (Å²) in [5.74, 6) is 4.96. The van der Waals surface area contributed by atoms with E-state index in [4.69, 9.17) is 29.0 Å². The molecular weight excluding hydrogens is 463 g/mol. The Bertz CT molecular complexity index is 1090. The Labute approximate surface area is 202 Å². The number of carbonyl (C=O) groups excluding carboxylic acids is 2. The highest BCUT2D eigenvalue weighted by atomic mass is 35.5. The number of amides is 2. The fourth-order valence-electron chi connectivity index (χ4n) is 3.42. The van der Waals surface area contributed by atoms with Gasteiger partial charge in [-0.1, -0.05) is 43.1 Å². The number of hydrazine groups is 1. The van der Waals surface area contributed by atoms with Crippen molar-refractivity contribution in [2.24, 2.45) is 5.84 Å². The second-order valence-corrected chi connectivity index (χ2v) is 8.20. The van der Waals surface area contributed by atoms with Crippen LogP contribution in [0.15, 0.2) is 48.7 Å². The van der Waals surface area contributed by atoms with Crippen LogP contribution in [0.4, 0.5) is 17.1 Å². The number of hydrogen-bond acceptors (Lipinski definition) is 5. The molecule has 1 heterocycles. The average Bonchev–Trinajstić information content (AvgIpc) is 3.26. The number of benzene rings is 2. The van der Waals surface area contributed by atoms with Crippen LogP contribution in [0.2, 0.25) is 10.0 Å². The van der Waals surface area contributed by atoms with Gasteiger partial charge in [-0.25, -0.2) is 10.9 Å². The number of halogens is 2. The molecule has 2 amide bonds. The average molecular weight is 489 g/mol. The summed E-state index contributed by atoms with van der Waals surface area (Å²) in [6, 6.07) is 12.2. The highest BCUT2D eigenvalue weighted by molar-refractivity contribution is 6.40. The SMILES string of the molecule is CCCN(CCC)c1ccc(N(N)C(=O)c2[nH]ncc2NC(=O)c2c(Cl)cccc2Cl)cc1. The van der Waals surface area contributed by atoms with Gasteiger partial charge in [0, 0.05) is 18.8 Å². The molecule has 3 aromatic rings. The van der Waals surface area contributed by atoms with Gasteiger partial charge in [-0.05, 0) is 49.2 Å². The summed E-state index contributed by atoms with van der Waals surface area (Å²) >= 11 is 12.2. The van der Waals surface area contributed by atoms with Crippen LogP contribution in [-0.4, -0.2) is 35.1 Å². The van der Waals surface area contributed by atoms with Gasteiger partial charge in [0.1, 0.15) is 5.69 Å². The Morgan fingerprint density at radius 2 is 1.58 bits per heavy atom. The topological polar surface area (TPSA) is 107 Å². The van der Waals surface area contributed by atoms with E-state index in [0.717, 1.165) is 36.6 Å². The number of anilines is 3. The fraction of sp³-hybridized carbons (Fsp3) is 0.261. The highest BCUT2D eigenvalue weighted by Crippen LogP contribution is 2.27. The van der Waals surface area contributed by atoms with E-state index in [0.29, 0.717) is 5.69 Å². The summed E-state index contributed by atoms with van der Waals surface area (Å²) in [4.78, 5) is 28.0. The van der Waals surface area contributed by atoms with Gasteiger partial charge in [0.2, 0.25) is 0 Å². The van der Waals surface area contributed by atoms with Crippen molar-refractivity contribution in [3.63, 3.8) is 0 Å². The van der Waals surface area contributed by atoms with Gasteiger partial charge in [-0.3, -0.25) is 14.7 Å². The quantitative estimate of drug-likeness (QED) is 0.220. The molecule has 1 aromatic heterocycles. The lowest BCUT2D eigenvalue weighted by Gasteiger charge is -2.24. The minimum Gasteiger partial charge on any atom is -0.372 e. The molecule has 0 aliphatic heterocycles. The van der Waals surface area contributed by atoms with Gasteiger partial charge in [-0.15, -0.1) is 0 Å². The van der Waals surface area contributed by atoms with Crippen molar-refractivity contribution in [1.29, 1.82) is 0 Å². The molecule has 0 bridgehead atoms. The number of aromatic amines is 1. The number of aromatic nitrogens is 2. The largest absolute Gasteiger partial charge is 0.372 e. The maximum atomic E-state index is 13.0. The molecule has 4 N–H and O–H groups in total. The zero-order valence-electron chi connectivity index (χ0n) is 18.4. The molecule has 10 heteroatoms. The van der Waals surface area contributed by atoms with Gasteiger partial charge >= 0.3 is 0 Å². The maximum absolute atomic E-state index is 13.0. The van der Waals surface area contributed by atoms with Crippen LogP contribution in [0, 0.1) is 0 Å². The summed E-state index contributed by atoms with van der Waals surface area (Å²) in [7, 11) is 0. The summed E-state index contributed by atoms with van der Waals surface area (Å²) in [6.45, 7) is 6.17. The molecule has 2 aromatic carbocycles. The third kappa shape index (κ3) is 5.65. The van der Waals surface area contributed by atoms with Gasteiger partial charge in [0.15, 0.2) is 0 Å². The molecule has 0 aliphatic carbocycles. The first-order valence-corrected chi connectivity index (χ1v) is 11.4. The third-order valence-electron chi connectivity index (χ3n) is 4.99. The highest BCUT2D eigenvalue weighted by Gasteiger charge is 2.23. The molecule has 3 rings (SSSR count). The Kier molecular flexibility index (Phi) is 8.32. The summed E-state index contributed by atoms with van der Waals surface area (Å²) in [6.07, 6.45) is 3.40. The molecule has 0 spiro atoms. The van der Waals surface area contributed by atoms with Crippen molar-refractivity contribution in [3.8, 4) is 0 Å². The van der Waals surface area contributed by atoms with Gasteiger partial charge < -0.3 is 10.2 Å². The van der Waals surface area contributed by atoms with Crippen LogP contribution in [0.1, 0.15) is 47.5 Å². The lowest BCUT2D eigenvalue weighted by molar-refractivity contribution is 0.0983. The van der Waals surface area contributed by atoms with E-state index in [-0.39, 0.29) is 27.0 Å². The van der Waals surface area contributed by atoms with E-state index in [2.05, 4.69) is 34.3 Å². The van der Waals surface area contributed by atoms with Crippen LogP contribution in [0.25, 0.3) is 0 Å². The molecule has 0 unspecified atom stereocenters. The van der Waals surface area contributed by atoms with Crippen LogP contribution < -0.4 is 21.1 Å². The van der Waals surface area contributed by atoms with Crippen LogP contribution in [0.3, 0.4) is 0 Å². The number of rotatable bonds is 9. The smallest absolute Gasteiger partial charge is 0.292 e. The summed E-state index contributed by atoms with van der Waals surface area (Å²) in [5, 5.41) is 10.5. The number of nitrogens with two attached hydrogens (primary N) is 1. The zero-order chi connectivity index (χ0) is 24.0. The zero-order valence-corrected chi connectivity index (χ0v) is 20.0. The molecule has 33 heavy (non-hydrogen) atoms. The maximum Gasteiger partial charge on any atom is 0.292 e. The Morgan fingerprint density at radius 1 is 1.00 bits per heavy atom. The lowest BCUT2D eigenvalue weighted by atomic mass is 10.2. The van der Waals surface area contributed by atoms with E-state index >= 15 is 0 Å². The van der Waals surface area contributed by atoms with Crippen LogP contribution in [0.5, 0.6) is 0 Å². The Hall–Kier alpha value is -3.07.